The van der Waals surface area contributed by atoms with Gasteiger partial charge in [0.2, 0.25) is 0 Å². The van der Waals surface area contributed by atoms with Crippen molar-refractivity contribution < 1.29 is 0 Å². The van der Waals surface area contributed by atoms with Gasteiger partial charge in [-0.25, -0.2) is 4.98 Å². The number of anilines is 2. The normalized spacial score (nSPS) is 9.89. The van der Waals surface area contributed by atoms with E-state index in [1.807, 2.05) is 18.2 Å². The standard InChI is InChI=1S/C12H9Cl2N3S/c13-8-4-1-2-5-9(8)16-12(18)17-10-6-3-7-15-11(10)14/h1-7H,(H2,16,17,18). The maximum atomic E-state index is 6.01. The van der Waals surface area contributed by atoms with Gasteiger partial charge in [-0.2, -0.15) is 0 Å². The van der Waals surface area contributed by atoms with Crippen LogP contribution in [0.2, 0.25) is 10.2 Å². The predicted octanol–water partition coefficient (Wildman–Crippen LogP) is 4.20. The van der Waals surface area contributed by atoms with Crippen LogP contribution in [0.3, 0.4) is 0 Å². The lowest BCUT2D eigenvalue weighted by atomic mass is 10.3. The van der Waals surface area contributed by atoms with Crippen LogP contribution in [0.15, 0.2) is 42.6 Å². The summed E-state index contributed by atoms with van der Waals surface area (Å²) in [6.45, 7) is 0. The molecule has 92 valence electrons. The quantitative estimate of drug-likeness (QED) is 0.643. The molecule has 0 aliphatic rings. The molecule has 1 aromatic heterocycles. The van der Waals surface area contributed by atoms with Crippen LogP contribution in [0.1, 0.15) is 0 Å². The molecule has 0 unspecified atom stereocenters. The zero-order valence-electron chi connectivity index (χ0n) is 9.15. The van der Waals surface area contributed by atoms with Crippen LogP contribution in [0.25, 0.3) is 0 Å². The lowest BCUT2D eigenvalue weighted by Crippen LogP contribution is -2.19. The Hall–Kier alpha value is -1.36. The molecule has 0 fully saturated rings. The average molecular weight is 298 g/mol. The highest BCUT2D eigenvalue weighted by molar-refractivity contribution is 7.80. The summed E-state index contributed by atoms with van der Waals surface area (Å²) >= 11 is 17.1. The molecule has 0 atom stereocenters. The molecule has 3 nitrogen and oxygen atoms in total. The second-order valence-corrected chi connectivity index (χ2v) is 4.57. The van der Waals surface area contributed by atoms with Crippen molar-refractivity contribution in [3.05, 3.63) is 52.8 Å². The molecule has 0 aliphatic carbocycles. The number of nitrogens with one attached hydrogen (secondary N) is 2. The van der Waals surface area contributed by atoms with E-state index in [0.29, 0.717) is 21.0 Å². The number of halogens is 2. The van der Waals surface area contributed by atoms with Crippen LogP contribution in [0, 0.1) is 0 Å². The maximum Gasteiger partial charge on any atom is 0.175 e. The third-order valence-electron chi connectivity index (χ3n) is 2.13. The number of para-hydroxylation sites is 1. The predicted molar refractivity (Wildman–Crippen MR) is 80.5 cm³/mol. The fourth-order valence-electron chi connectivity index (χ4n) is 1.32. The van der Waals surface area contributed by atoms with Gasteiger partial charge >= 0.3 is 0 Å². The minimum Gasteiger partial charge on any atom is -0.331 e. The summed E-state index contributed by atoms with van der Waals surface area (Å²) in [5.74, 6) is 0. The van der Waals surface area contributed by atoms with E-state index in [-0.39, 0.29) is 0 Å². The third-order valence-corrected chi connectivity index (χ3v) is 2.96. The first-order chi connectivity index (χ1) is 8.66. The Morgan fingerprint density at radius 1 is 1.00 bits per heavy atom. The molecule has 2 aromatic rings. The lowest BCUT2D eigenvalue weighted by molar-refractivity contribution is 1.33. The number of pyridine rings is 1. The highest BCUT2D eigenvalue weighted by atomic mass is 35.5. The molecule has 0 spiro atoms. The van der Waals surface area contributed by atoms with E-state index in [9.17, 15) is 0 Å². The molecule has 2 N–H and O–H groups in total. The van der Waals surface area contributed by atoms with E-state index in [2.05, 4.69) is 15.6 Å². The second kappa shape index (κ2) is 6.00. The molecule has 0 aliphatic heterocycles. The fourth-order valence-corrected chi connectivity index (χ4v) is 1.89. The highest BCUT2D eigenvalue weighted by Gasteiger charge is 2.04. The van der Waals surface area contributed by atoms with E-state index < -0.39 is 0 Å². The molecule has 1 heterocycles. The van der Waals surface area contributed by atoms with Gasteiger partial charge in [0.05, 0.1) is 16.4 Å². The number of nitrogens with zero attached hydrogens (tertiary/aromatic N) is 1. The molecule has 0 bridgehead atoms. The van der Waals surface area contributed by atoms with Crippen molar-refractivity contribution in [2.75, 3.05) is 10.6 Å². The lowest BCUT2D eigenvalue weighted by Gasteiger charge is -2.11. The number of thiocarbonyl (C=S) groups is 1. The number of benzene rings is 1. The van der Waals surface area contributed by atoms with Crippen molar-refractivity contribution in [3.63, 3.8) is 0 Å². The number of aromatic nitrogens is 1. The van der Waals surface area contributed by atoms with Gasteiger partial charge < -0.3 is 10.6 Å². The van der Waals surface area contributed by atoms with Crippen molar-refractivity contribution in [1.82, 2.24) is 4.98 Å². The van der Waals surface area contributed by atoms with Crippen LogP contribution in [-0.2, 0) is 0 Å². The Balaban J connectivity index is 2.06. The van der Waals surface area contributed by atoms with Gasteiger partial charge in [-0.3, -0.25) is 0 Å². The minimum absolute atomic E-state index is 0.362. The van der Waals surface area contributed by atoms with Crippen molar-refractivity contribution in [2.45, 2.75) is 0 Å². The highest BCUT2D eigenvalue weighted by Crippen LogP contribution is 2.22. The number of hydrogen-bond acceptors (Lipinski definition) is 2. The van der Waals surface area contributed by atoms with Crippen molar-refractivity contribution in [1.29, 1.82) is 0 Å². The summed E-state index contributed by atoms with van der Waals surface area (Å²) in [7, 11) is 0. The van der Waals surface area contributed by atoms with Crippen LogP contribution in [0.4, 0.5) is 11.4 Å². The zero-order chi connectivity index (χ0) is 13.0. The molecule has 2 rings (SSSR count). The fraction of sp³-hybridized carbons (Fsp3) is 0. The van der Waals surface area contributed by atoms with Gasteiger partial charge in [-0.1, -0.05) is 35.3 Å². The van der Waals surface area contributed by atoms with Gasteiger partial charge in [-0.05, 0) is 36.5 Å². The van der Waals surface area contributed by atoms with Crippen LogP contribution < -0.4 is 10.6 Å². The summed E-state index contributed by atoms with van der Waals surface area (Å²) in [5.41, 5.74) is 1.38. The molecule has 0 saturated carbocycles. The topological polar surface area (TPSA) is 37.0 Å². The zero-order valence-corrected chi connectivity index (χ0v) is 11.5. The molecular weight excluding hydrogens is 289 g/mol. The van der Waals surface area contributed by atoms with Crippen molar-refractivity contribution in [2.24, 2.45) is 0 Å². The first-order valence-corrected chi connectivity index (χ1v) is 6.26. The van der Waals surface area contributed by atoms with Crippen molar-refractivity contribution >= 4 is 51.9 Å². The van der Waals surface area contributed by atoms with E-state index in [1.165, 1.54) is 0 Å². The first-order valence-electron chi connectivity index (χ1n) is 5.10. The summed E-state index contributed by atoms with van der Waals surface area (Å²) < 4.78 is 0. The summed E-state index contributed by atoms with van der Waals surface area (Å²) in [6, 6.07) is 10.9. The SMILES string of the molecule is S=C(Nc1ccccc1Cl)Nc1cccnc1Cl. The Morgan fingerprint density at radius 3 is 2.39 bits per heavy atom. The first kappa shape index (κ1) is 13.1. The number of hydrogen-bond donors (Lipinski definition) is 2. The molecule has 1 aromatic carbocycles. The molecule has 0 radical (unpaired) electrons. The van der Waals surface area contributed by atoms with Gasteiger partial charge in [0.25, 0.3) is 0 Å². The van der Waals surface area contributed by atoms with E-state index >= 15 is 0 Å². The van der Waals surface area contributed by atoms with Gasteiger partial charge in [0, 0.05) is 6.20 Å². The third kappa shape index (κ3) is 3.32. The van der Waals surface area contributed by atoms with Crippen LogP contribution in [0.5, 0.6) is 0 Å². The summed E-state index contributed by atoms with van der Waals surface area (Å²) in [6.07, 6.45) is 1.61. The minimum atomic E-state index is 0.362. The van der Waals surface area contributed by atoms with Gasteiger partial charge in [0.15, 0.2) is 10.3 Å². The average Bonchev–Trinajstić information content (AvgIpc) is 2.35. The molecule has 0 amide bonds. The van der Waals surface area contributed by atoms with Crippen LogP contribution in [-0.4, -0.2) is 10.1 Å². The Bertz CT molecular complexity index is 525. The molecule has 6 heteroatoms. The summed E-state index contributed by atoms with van der Waals surface area (Å²) in [5, 5.41) is 7.30. The molecule has 18 heavy (non-hydrogen) atoms. The van der Waals surface area contributed by atoms with Crippen LogP contribution >= 0.6 is 35.4 Å². The second-order valence-electron chi connectivity index (χ2n) is 3.40. The molecule has 0 saturated heterocycles. The van der Waals surface area contributed by atoms with Gasteiger partial charge in [0.1, 0.15) is 0 Å². The number of rotatable bonds is 2. The Morgan fingerprint density at radius 2 is 1.67 bits per heavy atom. The molecular formula is C12H9Cl2N3S. The Kier molecular flexibility index (Phi) is 4.36. The van der Waals surface area contributed by atoms with Crippen molar-refractivity contribution in [3.8, 4) is 0 Å². The summed E-state index contributed by atoms with van der Waals surface area (Å²) in [4.78, 5) is 3.95. The monoisotopic (exact) mass is 297 g/mol. The smallest absolute Gasteiger partial charge is 0.175 e. The largest absolute Gasteiger partial charge is 0.331 e. The Labute approximate surface area is 120 Å². The van der Waals surface area contributed by atoms with E-state index in [0.717, 1.165) is 5.69 Å². The van der Waals surface area contributed by atoms with E-state index in [4.69, 9.17) is 35.4 Å². The van der Waals surface area contributed by atoms with E-state index in [1.54, 1.807) is 24.4 Å². The maximum absolute atomic E-state index is 6.01. The van der Waals surface area contributed by atoms with Gasteiger partial charge in [-0.15, -0.1) is 0 Å².